The molecule has 0 N–H and O–H groups in total. The van der Waals surface area contributed by atoms with Crippen LogP contribution >= 0.6 is 0 Å². The smallest absolute Gasteiger partial charge is 0.338 e. The van der Waals surface area contributed by atoms with Gasteiger partial charge in [0.1, 0.15) is 0 Å². The van der Waals surface area contributed by atoms with Crippen molar-refractivity contribution < 1.29 is 22.5 Å². The summed E-state index contributed by atoms with van der Waals surface area (Å²) in [6.07, 6.45) is 5.93. The number of nitrogens with zero attached hydrogens (tertiary/aromatic N) is 4. The van der Waals surface area contributed by atoms with Crippen LogP contribution in [0, 0.1) is 19.8 Å². The van der Waals surface area contributed by atoms with E-state index < -0.39 is 16.0 Å². The lowest BCUT2D eigenvalue weighted by Gasteiger charge is -2.30. The molecule has 0 amide bonds. The van der Waals surface area contributed by atoms with Crippen LogP contribution in [0.2, 0.25) is 0 Å². The number of piperidine rings is 1. The fourth-order valence-corrected chi connectivity index (χ4v) is 5.81. The van der Waals surface area contributed by atoms with Gasteiger partial charge in [-0.25, -0.2) is 13.2 Å². The van der Waals surface area contributed by atoms with Crippen LogP contribution < -0.4 is 0 Å². The van der Waals surface area contributed by atoms with E-state index in [9.17, 15) is 13.2 Å². The molecule has 0 spiro atoms. The van der Waals surface area contributed by atoms with Crippen LogP contribution in [0.1, 0.15) is 53.6 Å². The maximum absolute atomic E-state index is 13.3. The first kappa shape index (κ1) is 25.0. The number of rotatable bonds is 8. The number of ether oxygens (including phenoxy) is 1. The van der Waals surface area contributed by atoms with Gasteiger partial charge in [-0.1, -0.05) is 12.1 Å². The molecule has 3 aromatic rings. The van der Waals surface area contributed by atoms with Gasteiger partial charge in [0.2, 0.25) is 21.7 Å². The molecule has 0 saturated carbocycles. The SMILES string of the molecule is Cc1cc(C(=O)OCCCc2nc(-c3cccnc3)no2)cc(S(=O)(=O)N2CCC(C)CC2)c1C. The summed E-state index contributed by atoms with van der Waals surface area (Å²) in [5, 5.41) is 3.95. The van der Waals surface area contributed by atoms with E-state index in [1.54, 1.807) is 38.4 Å². The minimum atomic E-state index is -3.68. The Balaban J connectivity index is 1.37. The molecular formula is C25H30N4O5S. The first-order chi connectivity index (χ1) is 16.8. The van der Waals surface area contributed by atoms with Gasteiger partial charge in [0, 0.05) is 37.5 Å². The molecule has 1 saturated heterocycles. The lowest BCUT2D eigenvalue weighted by Crippen LogP contribution is -2.38. The number of hydrogen-bond acceptors (Lipinski definition) is 8. The van der Waals surface area contributed by atoms with Crippen molar-refractivity contribution in [3.63, 3.8) is 0 Å². The van der Waals surface area contributed by atoms with Crippen LogP contribution in [0.25, 0.3) is 11.4 Å². The highest BCUT2D eigenvalue weighted by Gasteiger charge is 2.30. The van der Waals surface area contributed by atoms with Crippen molar-refractivity contribution in [2.24, 2.45) is 5.92 Å². The zero-order valence-corrected chi connectivity index (χ0v) is 21.0. The predicted molar refractivity (Wildman–Crippen MR) is 129 cm³/mol. The molecule has 1 aromatic carbocycles. The molecule has 4 rings (SSSR count). The first-order valence-corrected chi connectivity index (χ1v) is 13.2. The highest BCUT2D eigenvalue weighted by molar-refractivity contribution is 7.89. The number of aromatic nitrogens is 3. The highest BCUT2D eigenvalue weighted by atomic mass is 32.2. The highest BCUT2D eigenvalue weighted by Crippen LogP contribution is 2.28. The number of carbonyl (C=O) groups excluding carboxylic acids is 1. The molecule has 1 aliphatic rings. The summed E-state index contributed by atoms with van der Waals surface area (Å²) in [4.78, 5) is 21.3. The van der Waals surface area contributed by atoms with Crippen molar-refractivity contribution >= 4 is 16.0 Å². The van der Waals surface area contributed by atoms with Gasteiger partial charge >= 0.3 is 5.97 Å². The monoisotopic (exact) mass is 498 g/mol. The molecule has 0 radical (unpaired) electrons. The average molecular weight is 499 g/mol. The molecule has 3 heterocycles. The standard InChI is InChI=1S/C25H30N4O5S/c1-17-8-11-29(12-9-17)35(31,32)22-15-21(14-18(2)19(22)3)25(30)33-13-5-7-23-27-24(28-34-23)20-6-4-10-26-16-20/h4,6,10,14-17H,5,7-9,11-13H2,1-3H3. The maximum Gasteiger partial charge on any atom is 0.338 e. The first-order valence-electron chi connectivity index (χ1n) is 11.8. The van der Waals surface area contributed by atoms with E-state index in [-0.39, 0.29) is 17.1 Å². The van der Waals surface area contributed by atoms with Crippen molar-refractivity contribution in [2.45, 2.75) is 51.3 Å². The second kappa shape index (κ2) is 10.7. The van der Waals surface area contributed by atoms with Gasteiger partial charge in [0.15, 0.2) is 0 Å². The molecule has 0 unspecified atom stereocenters. The molecule has 0 aliphatic carbocycles. The number of carbonyl (C=O) groups is 1. The molecule has 10 heteroatoms. The summed E-state index contributed by atoms with van der Waals surface area (Å²) in [6.45, 7) is 6.84. The molecule has 2 aromatic heterocycles. The third-order valence-corrected chi connectivity index (χ3v) is 8.40. The Bertz CT molecular complexity index is 1280. The summed E-state index contributed by atoms with van der Waals surface area (Å²) < 4.78 is 38.8. The Kier molecular flexibility index (Phi) is 7.61. The third kappa shape index (κ3) is 5.76. The van der Waals surface area contributed by atoms with Crippen LogP contribution in [0.4, 0.5) is 0 Å². The van der Waals surface area contributed by atoms with Crippen molar-refractivity contribution in [3.05, 3.63) is 59.2 Å². The van der Waals surface area contributed by atoms with E-state index in [4.69, 9.17) is 9.26 Å². The number of benzene rings is 1. The minimum absolute atomic E-state index is 0.141. The van der Waals surface area contributed by atoms with Crippen molar-refractivity contribution in [2.75, 3.05) is 19.7 Å². The number of esters is 1. The number of pyridine rings is 1. The summed E-state index contributed by atoms with van der Waals surface area (Å²) in [6, 6.07) is 6.75. The van der Waals surface area contributed by atoms with Crippen LogP contribution in [0.5, 0.6) is 0 Å². The molecule has 9 nitrogen and oxygen atoms in total. The Morgan fingerprint density at radius 2 is 2.00 bits per heavy atom. The summed E-state index contributed by atoms with van der Waals surface area (Å²) in [5.41, 5.74) is 2.38. The second-order valence-electron chi connectivity index (χ2n) is 9.00. The third-order valence-electron chi connectivity index (χ3n) is 6.37. The van der Waals surface area contributed by atoms with Gasteiger partial charge in [-0.3, -0.25) is 4.98 Å². The zero-order chi connectivity index (χ0) is 25.0. The van der Waals surface area contributed by atoms with Crippen LogP contribution in [-0.2, 0) is 21.2 Å². The van der Waals surface area contributed by atoms with Gasteiger partial charge in [0.25, 0.3) is 0 Å². The number of aryl methyl sites for hydroxylation is 2. The average Bonchev–Trinajstić information content (AvgIpc) is 3.33. The van der Waals surface area contributed by atoms with Crippen molar-refractivity contribution in [1.29, 1.82) is 0 Å². The predicted octanol–water partition coefficient (Wildman–Crippen LogP) is 3.96. The largest absolute Gasteiger partial charge is 0.462 e. The molecule has 0 bridgehead atoms. The van der Waals surface area contributed by atoms with Crippen molar-refractivity contribution in [3.8, 4) is 11.4 Å². The summed E-state index contributed by atoms with van der Waals surface area (Å²) >= 11 is 0. The lowest BCUT2D eigenvalue weighted by atomic mass is 10.0. The Morgan fingerprint density at radius 1 is 1.23 bits per heavy atom. The van der Waals surface area contributed by atoms with Gasteiger partial charge in [-0.2, -0.15) is 9.29 Å². The van der Waals surface area contributed by atoms with E-state index in [0.717, 1.165) is 24.0 Å². The molecule has 1 aliphatic heterocycles. The minimum Gasteiger partial charge on any atom is -0.462 e. The second-order valence-corrected chi connectivity index (χ2v) is 10.9. The molecule has 35 heavy (non-hydrogen) atoms. The topological polar surface area (TPSA) is 115 Å². The van der Waals surface area contributed by atoms with Gasteiger partial charge in [-0.05, 0) is 74.4 Å². The Hall–Kier alpha value is -3.11. The van der Waals surface area contributed by atoms with E-state index in [1.807, 2.05) is 6.07 Å². The fourth-order valence-electron chi connectivity index (χ4n) is 4.02. The van der Waals surface area contributed by atoms with E-state index in [2.05, 4.69) is 22.0 Å². The molecule has 1 fully saturated rings. The Morgan fingerprint density at radius 3 is 2.71 bits per heavy atom. The van der Waals surface area contributed by atoms with E-state index >= 15 is 0 Å². The van der Waals surface area contributed by atoms with Gasteiger partial charge < -0.3 is 9.26 Å². The number of sulfonamides is 1. The quantitative estimate of drug-likeness (QED) is 0.339. The molecule has 186 valence electrons. The van der Waals surface area contributed by atoms with E-state index in [0.29, 0.717) is 49.1 Å². The van der Waals surface area contributed by atoms with Crippen LogP contribution in [-0.4, -0.2) is 53.5 Å². The van der Waals surface area contributed by atoms with E-state index in [1.165, 1.54) is 10.4 Å². The van der Waals surface area contributed by atoms with Crippen molar-refractivity contribution in [1.82, 2.24) is 19.4 Å². The molecule has 0 atom stereocenters. The zero-order valence-electron chi connectivity index (χ0n) is 20.2. The summed E-state index contributed by atoms with van der Waals surface area (Å²) in [5.74, 6) is 0.852. The van der Waals surface area contributed by atoms with Gasteiger partial charge in [-0.15, -0.1) is 0 Å². The Labute approximate surface area is 205 Å². The van der Waals surface area contributed by atoms with Crippen LogP contribution in [0.3, 0.4) is 0 Å². The fraction of sp³-hybridized carbons (Fsp3) is 0.440. The maximum atomic E-state index is 13.3. The lowest BCUT2D eigenvalue weighted by molar-refractivity contribution is 0.0498. The van der Waals surface area contributed by atoms with Crippen LogP contribution in [0.15, 0.2) is 46.1 Å². The van der Waals surface area contributed by atoms with Gasteiger partial charge in [0.05, 0.1) is 17.1 Å². The summed E-state index contributed by atoms with van der Waals surface area (Å²) in [7, 11) is -3.68. The normalized spacial score (nSPS) is 15.3. The number of hydrogen-bond donors (Lipinski definition) is 0. The molecular weight excluding hydrogens is 468 g/mol.